The summed E-state index contributed by atoms with van der Waals surface area (Å²) in [5.74, 6) is -0.368. The van der Waals surface area contributed by atoms with Gasteiger partial charge in [-0.05, 0) is 25.0 Å². The lowest BCUT2D eigenvalue weighted by Gasteiger charge is -2.22. The summed E-state index contributed by atoms with van der Waals surface area (Å²) >= 11 is 0. The molecule has 0 unspecified atom stereocenters. The fourth-order valence-corrected chi connectivity index (χ4v) is 2.04. The second-order valence-electron chi connectivity index (χ2n) is 4.24. The van der Waals surface area contributed by atoms with Gasteiger partial charge in [-0.1, -0.05) is 19.3 Å². The fraction of sp³-hybridized carbons (Fsp3) is 0.500. The molecule has 0 radical (unpaired) electrons. The summed E-state index contributed by atoms with van der Waals surface area (Å²) in [6.45, 7) is 0. The molecule has 17 heavy (non-hydrogen) atoms. The number of hydrogen-bond acceptors (Lipinski definition) is 3. The van der Waals surface area contributed by atoms with Gasteiger partial charge in [-0.3, -0.25) is 10.1 Å². The lowest BCUT2D eigenvalue weighted by Crippen LogP contribution is -2.45. The van der Waals surface area contributed by atoms with Crippen molar-refractivity contribution < 1.29 is 14.0 Å². The predicted octanol–water partition coefficient (Wildman–Crippen LogP) is 2.05. The van der Waals surface area contributed by atoms with Crippen molar-refractivity contribution in [3.05, 3.63) is 24.2 Å². The molecular formula is C12H16N2O3. The SMILES string of the molecule is O=C(NC(=O)c1ccco1)NC1CCCCC1. The van der Waals surface area contributed by atoms with Crippen molar-refractivity contribution in [1.29, 1.82) is 0 Å². The lowest BCUT2D eigenvalue weighted by molar-refractivity contribution is 0.0935. The second kappa shape index (κ2) is 5.52. The molecule has 5 heteroatoms. The van der Waals surface area contributed by atoms with E-state index in [9.17, 15) is 9.59 Å². The molecule has 0 atom stereocenters. The van der Waals surface area contributed by atoms with Crippen LogP contribution in [0.4, 0.5) is 4.79 Å². The molecule has 1 fully saturated rings. The first-order valence-electron chi connectivity index (χ1n) is 5.91. The highest BCUT2D eigenvalue weighted by Gasteiger charge is 2.18. The number of carbonyl (C=O) groups is 2. The Hall–Kier alpha value is -1.78. The quantitative estimate of drug-likeness (QED) is 0.825. The Morgan fingerprint density at radius 2 is 2.00 bits per heavy atom. The second-order valence-corrected chi connectivity index (χ2v) is 4.24. The zero-order chi connectivity index (χ0) is 12.1. The summed E-state index contributed by atoms with van der Waals surface area (Å²) in [5, 5.41) is 5.05. The number of rotatable bonds is 2. The zero-order valence-electron chi connectivity index (χ0n) is 9.57. The van der Waals surface area contributed by atoms with E-state index in [-0.39, 0.29) is 11.8 Å². The molecule has 1 aromatic heterocycles. The minimum Gasteiger partial charge on any atom is -0.459 e. The highest BCUT2D eigenvalue weighted by Crippen LogP contribution is 2.17. The summed E-state index contributed by atoms with van der Waals surface area (Å²) in [7, 11) is 0. The summed E-state index contributed by atoms with van der Waals surface area (Å²) in [6.07, 6.45) is 6.87. The average molecular weight is 236 g/mol. The molecule has 0 aromatic carbocycles. The van der Waals surface area contributed by atoms with Crippen LogP contribution in [0.1, 0.15) is 42.7 Å². The number of furan rings is 1. The van der Waals surface area contributed by atoms with Gasteiger partial charge < -0.3 is 9.73 Å². The van der Waals surface area contributed by atoms with Gasteiger partial charge in [0, 0.05) is 6.04 Å². The topological polar surface area (TPSA) is 71.3 Å². The zero-order valence-corrected chi connectivity index (χ0v) is 9.57. The minimum atomic E-state index is -0.511. The van der Waals surface area contributed by atoms with E-state index in [1.165, 1.54) is 18.8 Å². The van der Waals surface area contributed by atoms with E-state index < -0.39 is 11.9 Å². The van der Waals surface area contributed by atoms with Crippen molar-refractivity contribution in [1.82, 2.24) is 10.6 Å². The smallest absolute Gasteiger partial charge is 0.322 e. The van der Waals surface area contributed by atoms with Gasteiger partial charge >= 0.3 is 6.03 Å². The van der Waals surface area contributed by atoms with Crippen LogP contribution in [0.3, 0.4) is 0 Å². The summed E-state index contributed by atoms with van der Waals surface area (Å²) in [5.41, 5.74) is 0. The van der Waals surface area contributed by atoms with Gasteiger partial charge in [0.2, 0.25) is 0 Å². The van der Waals surface area contributed by atoms with E-state index in [2.05, 4.69) is 10.6 Å². The maximum Gasteiger partial charge on any atom is 0.322 e. The van der Waals surface area contributed by atoms with Crippen LogP contribution in [0.2, 0.25) is 0 Å². The van der Waals surface area contributed by atoms with E-state index in [4.69, 9.17) is 4.42 Å². The van der Waals surface area contributed by atoms with Gasteiger partial charge in [-0.2, -0.15) is 0 Å². The third-order valence-corrected chi connectivity index (χ3v) is 2.91. The Kier molecular flexibility index (Phi) is 3.80. The van der Waals surface area contributed by atoms with E-state index in [1.54, 1.807) is 6.07 Å². The van der Waals surface area contributed by atoms with Crippen molar-refractivity contribution in [2.75, 3.05) is 0 Å². The van der Waals surface area contributed by atoms with Gasteiger partial charge in [-0.25, -0.2) is 4.79 Å². The number of amides is 3. The first kappa shape index (κ1) is 11.7. The molecular weight excluding hydrogens is 220 g/mol. The Morgan fingerprint density at radius 1 is 1.24 bits per heavy atom. The van der Waals surface area contributed by atoms with Crippen LogP contribution >= 0.6 is 0 Å². The Bertz CT molecular complexity index is 380. The number of imide groups is 1. The molecule has 2 rings (SSSR count). The Morgan fingerprint density at radius 3 is 2.65 bits per heavy atom. The van der Waals surface area contributed by atoms with Crippen LogP contribution in [0.15, 0.2) is 22.8 Å². The van der Waals surface area contributed by atoms with Crippen LogP contribution in [-0.2, 0) is 0 Å². The van der Waals surface area contributed by atoms with E-state index in [1.807, 2.05) is 0 Å². The predicted molar refractivity (Wildman–Crippen MR) is 61.6 cm³/mol. The molecule has 1 aliphatic rings. The third-order valence-electron chi connectivity index (χ3n) is 2.91. The van der Waals surface area contributed by atoms with Gasteiger partial charge in [0.05, 0.1) is 6.26 Å². The molecule has 1 aromatic rings. The van der Waals surface area contributed by atoms with Crippen molar-refractivity contribution in [3.63, 3.8) is 0 Å². The monoisotopic (exact) mass is 236 g/mol. The highest BCUT2D eigenvalue weighted by atomic mass is 16.3. The number of hydrogen-bond donors (Lipinski definition) is 2. The normalized spacial score (nSPS) is 16.5. The molecule has 1 aliphatic carbocycles. The molecule has 0 saturated heterocycles. The molecule has 0 aliphatic heterocycles. The number of carbonyl (C=O) groups excluding carboxylic acids is 2. The number of urea groups is 1. The molecule has 92 valence electrons. The summed E-state index contributed by atoms with van der Waals surface area (Å²) < 4.78 is 4.89. The van der Waals surface area contributed by atoms with Gasteiger partial charge in [-0.15, -0.1) is 0 Å². The van der Waals surface area contributed by atoms with Crippen LogP contribution in [0, 0.1) is 0 Å². The van der Waals surface area contributed by atoms with Crippen molar-refractivity contribution in [2.45, 2.75) is 38.1 Å². The minimum absolute atomic E-state index is 0.142. The largest absolute Gasteiger partial charge is 0.459 e. The Labute approximate surface area is 99.6 Å². The van der Waals surface area contributed by atoms with Crippen LogP contribution < -0.4 is 10.6 Å². The van der Waals surface area contributed by atoms with Gasteiger partial charge in [0.15, 0.2) is 5.76 Å². The maximum absolute atomic E-state index is 11.5. The fourth-order valence-electron chi connectivity index (χ4n) is 2.04. The van der Waals surface area contributed by atoms with Crippen molar-refractivity contribution >= 4 is 11.9 Å². The average Bonchev–Trinajstić information content (AvgIpc) is 2.83. The first-order valence-corrected chi connectivity index (χ1v) is 5.91. The molecule has 0 bridgehead atoms. The molecule has 1 saturated carbocycles. The molecule has 0 spiro atoms. The number of nitrogens with one attached hydrogen (secondary N) is 2. The molecule has 2 N–H and O–H groups in total. The highest BCUT2D eigenvalue weighted by molar-refractivity contribution is 6.02. The van der Waals surface area contributed by atoms with Gasteiger partial charge in [0.1, 0.15) is 0 Å². The first-order chi connectivity index (χ1) is 8.25. The van der Waals surface area contributed by atoms with Crippen molar-refractivity contribution in [3.8, 4) is 0 Å². The summed E-state index contributed by atoms with van der Waals surface area (Å²) in [6, 6.07) is 2.86. The van der Waals surface area contributed by atoms with E-state index in [0.717, 1.165) is 25.7 Å². The van der Waals surface area contributed by atoms with Crippen LogP contribution in [-0.4, -0.2) is 18.0 Å². The van der Waals surface area contributed by atoms with Crippen molar-refractivity contribution in [2.24, 2.45) is 0 Å². The molecule has 3 amide bonds. The Balaban J connectivity index is 1.78. The van der Waals surface area contributed by atoms with E-state index >= 15 is 0 Å². The molecule has 5 nitrogen and oxygen atoms in total. The maximum atomic E-state index is 11.5. The van der Waals surface area contributed by atoms with Gasteiger partial charge in [0.25, 0.3) is 5.91 Å². The lowest BCUT2D eigenvalue weighted by atomic mass is 9.96. The third kappa shape index (κ3) is 3.34. The van der Waals surface area contributed by atoms with Crippen LogP contribution in [0.25, 0.3) is 0 Å². The van der Waals surface area contributed by atoms with Crippen LogP contribution in [0.5, 0.6) is 0 Å². The standard InChI is InChI=1S/C12H16N2O3/c15-11(10-7-4-8-17-10)14-12(16)13-9-5-2-1-3-6-9/h4,7-9H,1-3,5-6H2,(H2,13,14,15,16). The summed E-state index contributed by atoms with van der Waals surface area (Å²) in [4.78, 5) is 23.0. The molecule has 1 heterocycles. The van der Waals surface area contributed by atoms with E-state index in [0.29, 0.717) is 0 Å².